The van der Waals surface area contributed by atoms with E-state index in [0.29, 0.717) is 17.0 Å². The minimum absolute atomic E-state index is 0.00483. The first-order chi connectivity index (χ1) is 9.59. The van der Waals surface area contributed by atoms with E-state index >= 15 is 0 Å². The lowest BCUT2D eigenvalue weighted by Crippen LogP contribution is -2.23. The van der Waals surface area contributed by atoms with Crippen molar-refractivity contribution in [2.45, 2.75) is 32.2 Å². The number of aromatic nitrogens is 1. The first kappa shape index (κ1) is 13.1. The zero-order valence-corrected chi connectivity index (χ0v) is 11.9. The fourth-order valence-corrected chi connectivity index (χ4v) is 3.58. The molecule has 0 aromatic carbocycles. The summed E-state index contributed by atoms with van der Waals surface area (Å²) in [5, 5.41) is 11.2. The fraction of sp³-hybridized carbons (Fsp3) is 0.333. The maximum absolute atomic E-state index is 12.6. The number of hydrogen-bond donors (Lipinski definition) is 1. The summed E-state index contributed by atoms with van der Waals surface area (Å²) in [6.07, 6.45) is 1.44. The zero-order chi connectivity index (χ0) is 14.3. The molecule has 20 heavy (non-hydrogen) atoms. The Morgan fingerprint density at radius 2 is 2.25 bits per heavy atom. The molecule has 1 atom stereocenters. The van der Waals surface area contributed by atoms with Crippen molar-refractivity contribution in [1.29, 1.82) is 0 Å². The van der Waals surface area contributed by atoms with E-state index in [4.69, 9.17) is 0 Å². The lowest BCUT2D eigenvalue weighted by molar-refractivity contribution is -0.139. The van der Waals surface area contributed by atoms with Gasteiger partial charge in [-0.2, -0.15) is 0 Å². The highest BCUT2D eigenvalue weighted by molar-refractivity contribution is 7.12. The summed E-state index contributed by atoms with van der Waals surface area (Å²) >= 11 is 1.42. The van der Waals surface area contributed by atoms with Crippen LogP contribution in [0.4, 0.5) is 0 Å². The van der Waals surface area contributed by atoms with Gasteiger partial charge in [-0.25, -0.2) is 0 Å². The molecule has 3 heterocycles. The minimum Gasteiger partial charge on any atom is -0.481 e. The van der Waals surface area contributed by atoms with Crippen molar-refractivity contribution in [2.75, 3.05) is 0 Å². The van der Waals surface area contributed by atoms with Gasteiger partial charge in [0.15, 0.2) is 0 Å². The van der Waals surface area contributed by atoms with Crippen LogP contribution in [-0.4, -0.2) is 21.4 Å². The Hall–Kier alpha value is -1.88. The van der Waals surface area contributed by atoms with Gasteiger partial charge in [0.05, 0.1) is 16.5 Å². The summed E-state index contributed by atoms with van der Waals surface area (Å²) in [7, 11) is 0. The third-order valence-electron chi connectivity index (χ3n) is 3.81. The Morgan fingerprint density at radius 3 is 2.90 bits per heavy atom. The molecule has 0 radical (unpaired) electrons. The number of carbonyl (C=O) groups excluding carboxylic acids is 1. The number of hydrogen-bond acceptors (Lipinski definition) is 3. The molecule has 0 spiro atoms. The van der Waals surface area contributed by atoms with Gasteiger partial charge in [-0.3, -0.25) is 9.59 Å². The van der Waals surface area contributed by atoms with Crippen molar-refractivity contribution in [3.8, 4) is 0 Å². The largest absolute Gasteiger partial charge is 0.481 e. The molecule has 0 saturated carbocycles. The van der Waals surface area contributed by atoms with E-state index in [2.05, 4.69) is 0 Å². The molecule has 0 aliphatic carbocycles. The molecule has 5 heteroatoms. The van der Waals surface area contributed by atoms with Crippen molar-refractivity contribution < 1.29 is 14.7 Å². The molecule has 1 aliphatic heterocycles. The van der Waals surface area contributed by atoms with E-state index in [9.17, 15) is 14.7 Å². The van der Waals surface area contributed by atoms with Crippen LogP contribution in [0.5, 0.6) is 0 Å². The molecule has 0 fully saturated rings. The number of carbonyl (C=O) groups is 2. The average molecular weight is 289 g/mol. The standard InChI is InChI=1S/C15H15NO3S/c1-9-8-11-10(15(18)19)4-2-6-16(11)13(9)14(17)12-5-3-7-20-12/h3,5,7-8,10H,2,4,6H2,1H3,(H,18,19). The summed E-state index contributed by atoms with van der Waals surface area (Å²) in [5.41, 5.74) is 2.28. The van der Waals surface area contributed by atoms with Gasteiger partial charge in [0.2, 0.25) is 5.78 Å². The Kier molecular flexibility index (Phi) is 3.22. The van der Waals surface area contributed by atoms with Gasteiger partial charge in [-0.1, -0.05) is 6.07 Å². The van der Waals surface area contributed by atoms with Crippen LogP contribution in [0, 0.1) is 6.92 Å². The molecule has 1 aliphatic rings. The van der Waals surface area contributed by atoms with Gasteiger partial charge in [0.25, 0.3) is 0 Å². The van der Waals surface area contributed by atoms with Crippen molar-refractivity contribution in [3.05, 3.63) is 45.4 Å². The normalized spacial score (nSPS) is 17.8. The smallest absolute Gasteiger partial charge is 0.312 e. The van der Waals surface area contributed by atoms with Crippen LogP contribution in [0.2, 0.25) is 0 Å². The monoisotopic (exact) mass is 289 g/mol. The van der Waals surface area contributed by atoms with Gasteiger partial charge in [-0.15, -0.1) is 11.3 Å². The number of carboxylic acids is 1. The number of rotatable bonds is 3. The van der Waals surface area contributed by atoms with Crippen LogP contribution in [-0.2, 0) is 11.3 Å². The molecule has 2 aromatic rings. The molecular weight excluding hydrogens is 274 g/mol. The van der Waals surface area contributed by atoms with E-state index < -0.39 is 11.9 Å². The number of fused-ring (bicyclic) bond motifs is 1. The quantitative estimate of drug-likeness (QED) is 0.883. The van der Waals surface area contributed by atoms with Gasteiger partial charge < -0.3 is 9.67 Å². The first-order valence-corrected chi connectivity index (χ1v) is 7.48. The summed E-state index contributed by atoms with van der Waals surface area (Å²) in [6.45, 7) is 2.60. The Balaban J connectivity index is 2.10. The molecule has 1 N–H and O–H groups in total. The minimum atomic E-state index is -0.807. The summed E-state index contributed by atoms with van der Waals surface area (Å²) in [6, 6.07) is 5.52. The zero-order valence-electron chi connectivity index (χ0n) is 11.1. The van der Waals surface area contributed by atoms with Crippen LogP contribution < -0.4 is 0 Å². The van der Waals surface area contributed by atoms with E-state index in [1.54, 1.807) is 0 Å². The third-order valence-corrected chi connectivity index (χ3v) is 4.68. The lowest BCUT2D eigenvalue weighted by atomic mass is 9.96. The second kappa shape index (κ2) is 4.90. The Bertz CT molecular complexity index is 670. The highest BCUT2D eigenvalue weighted by atomic mass is 32.1. The first-order valence-electron chi connectivity index (χ1n) is 6.60. The summed E-state index contributed by atoms with van der Waals surface area (Å²) in [5.74, 6) is -1.30. The highest BCUT2D eigenvalue weighted by Gasteiger charge is 2.31. The van der Waals surface area contributed by atoms with Crippen LogP contribution in [0.3, 0.4) is 0 Å². The Morgan fingerprint density at radius 1 is 1.45 bits per heavy atom. The molecular formula is C15H15NO3S. The van der Waals surface area contributed by atoms with Crippen molar-refractivity contribution in [2.24, 2.45) is 0 Å². The summed E-state index contributed by atoms with van der Waals surface area (Å²) < 4.78 is 1.90. The topological polar surface area (TPSA) is 59.3 Å². The molecule has 0 saturated heterocycles. The van der Waals surface area contributed by atoms with Gasteiger partial charge >= 0.3 is 5.97 Å². The molecule has 3 rings (SSSR count). The van der Waals surface area contributed by atoms with Crippen LogP contribution in [0.25, 0.3) is 0 Å². The predicted molar refractivity (Wildman–Crippen MR) is 76.5 cm³/mol. The lowest BCUT2D eigenvalue weighted by Gasteiger charge is -2.23. The average Bonchev–Trinajstić information content (AvgIpc) is 3.03. The van der Waals surface area contributed by atoms with E-state index in [1.165, 1.54) is 11.3 Å². The molecule has 0 bridgehead atoms. The van der Waals surface area contributed by atoms with Gasteiger partial charge in [-0.05, 0) is 42.8 Å². The molecule has 2 aromatic heterocycles. The van der Waals surface area contributed by atoms with Crippen molar-refractivity contribution in [1.82, 2.24) is 4.57 Å². The Labute approximate surface area is 120 Å². The van der Waals surface area contributed by atoms with Crippen LogP contribution in [0.1, 0.15) is 45.4 Å². The predicted octanol–water partition coefficient (Wildman–Crippen LogP) is 3.05. The van der Waals surface area contributed by atoms with Crippen LogP contribution in [0.15, 0.2) is 23.6 Å². The van der Waals surface area contributed by atoms with E-state index in [-0.39, 0.29) is 5.78 Å². The number of aliphatic carboxylic acids is 1. The maximum atomic E-state index is 12.6. The van der Waals surface area contributed by atoms with E-state index in [0.717, 1.165) is 24.2 Å². The fourth-order valence-electron chi connectivity index (χ4n) is 2.92. The molecule has 4 nitrogen and oxygen atoms in total. The molecule has 1 unspecified atom stereocenters. The number of aryl methyl sites for hydroxylation is 1. The number of carboxylic acid groups (broad SMARTS) is 1. The number of ketones is 1. The second-order valence-electron chi connectivity index (χ2n) is 5.09. The second-order valence-corrected chi connectivity index (χ2v) is 6.04. The highest BCUT2D eigenvalue weighted by Crippen LogP contribution is 2.33. The molecule has 104 valence electrons. The maximum Gasteiger partial charge on any atom is 0.312 e. The molecule has 0 amide bonds. The van der Waals surface area contributed by atoms with Crippen LogP contribution >= 0.6 is 11.3 Å². The SMILES string of the molecule is Cc1cc2n(c1C(=O)c1cccs1)CCCC2C(=O)O. The van der Waals surface area contributed by atoms with Crippen molar-refractivity contribution >= 4 is 23.1 Å². The van der Waals surface area contributed by atoms with E-state index in [1.807, 2.05) is 35.1 Å². The summed E-state index contributed by atoms with van der Waals surface area (Å²) in [4.78, 5) is 24.6. The number of thiophene rings is 1. The van der Waals surface area contributed by atoms with Crippen molar-refractivity contribution in [3.63, 3.8) is 0 Å². The third kappa shape index (κ3) is 1.98. The number of nitrogens with zero attached hydrogens (tertiary/aromatic N) is 1. The van der Waals surface area contributed by atoms with Gasteiger partial charge in [0, 0.05) is 12.2 Å². The van der Waals surface area contributed by atoms with Gasteiger partial charge in [0.1, 0.15) is 0 Å².